The summed E-state index contributed by atoms with van der Waals surface area (Å²) in [5.41, 5.74) is -1.66. The molecule has 0 spiro atoms. The number of piperazine rings is 1. The molecule has 1 aliphatic carbocycles. The van der Waals surface area contributed by atoms with Crippen LogP contribution < -0.4 is 31.7 Å². The highest BCUT2D eigenvalue weighted by atomic mass is 16.7. The molecule has 65 heavy (non-hydrogen) atoms. The topological polar surface area (TPSA) is 243 Å². The molecule has 356 valence electrons. The van der Waals surface area contributed by atoms with Gasteiger partial charge in [-0.2, -0.15) is 0 Å². The van der Waals surface area contributed by atoms with Gasteiger partial charge < -0.3 is 64.4 Å². The first kappa shape index (κ1) is 50.7. The van der Waals surface area contributed by atoms with Gasteiger partial charge in [0.2, 0.25) is 11.3 Å². The summed E-state index contributed by atoms with van der Waals surface area (Å²) in [6.07, 6.45) is 1.59. The van der Waals surface area contributed by atoms with Gasteiger partial charge in [0.25, 0.3) is 0 Å². The predicted octanol–water partition coefficient (Wildman–Crippen LogP) is 2.41. The van der Waals surface area contributed by atoms with Crippen LogP contribution in [-0.4, -0.2) is 118 Å². The summed E-state index contributed by atoms with van der Waals surface area (Å²) in [5.74, 6) is -6.29. The van der Waals surface area contributed by atoms with Gasteiger partial charge in [0.15, 0.2) is 23.4 Å². The summed E-state index contributed by atoms with van der Waals surface area (Å²) in [7, 11) is 1.44. The van der Waals surface area contributed by atoms with Gasteiger partial charge in [0, 0.05) is 99.8 Å². The summed E-state index contributed by atoms with van der Waals surface area (Å²) in [5, 5.41) is 64.3. The van der Waals surface area contributed by atoms with Crippen molar-refractivity contribution < 1.29 is 58.5 Å². The van der Waals surface area contributed by atoms with E-state index in [4.69, 9.17) is 23.4 Å². The maximum atomic E-state index is 13.6. The van der Waals surface area contributed by atoms with Gasteiger partial charge in [0.1, 0.15) is 28.2 Å². The second kappa shape index (κ2) is 20.5. The van der Waals surface area contributed by atoms with Gasteiger partial charge in [-0.05, 0) is 39.3 Å². The van der Waals surface area contributed by atoms with E-state index in [2.05, 4.69) is 27.1 Å². The zero-order valence-electron chi connectivity index (χ0n) is 39.2. The van der Waals surface area contributed by atoms with Crippen LogP contribution in [0.5, 0.6) is 0 Å². The summed E-state index contributed by atoms with van der Waals surface area (Å²) in [6.45, 7) is 22.3. The third-order valence-electron chi connectivity index (χ3n) is 13.0. The number of nitrogens with one attached hydrogen (secondary N) is 2. The molecule has 1 saturated heterocycles. The Bertz CT molecular complexity index is 2400. The number of hydrogen-bond acceptors (Lipinski definition) is 16. The number of carbonyl (C=O) groups excluding carboxylic acids is 2. The smallest absolute Gasteiger partial charge is 0.307 e. The first-order valence-corrected chi connectivity index (χ1v) is 21.9. The number of ether oxygens (including phenoxy) is 4. The highest BCUT2D eigenvalue weighted by Gasteiger charge is 2.49. The number of aliphatic hydroxyl groups is 5. The Morgan fingerprint density at radius 3 is 2.28 bits per heavy atom. The molecule has 1 unspecified atom stereocenters. The van der Waals surface area contributed by atoms with Crippen LogP contribution in [0.2, 0.25) is 0 Å². The molecule has 5 aliphatic rings. The molecule has 0 saturated carbocycles. The number of hydrogen-bond donors (Lipinski definition) is 7. The molecule has 0 aromatic carbocycles. The van der Waals surface area contributed by atoms with Crippen LogP contribution in [0.25, 0.3) is 23.6 Å². The number of esters is 1. The second-order valence-electron chi connectivity index (χ2n) is 17.8. The van der Waals surface area contributed by atoms with Crippen molar-refractivity contribution in [1.29, 1.82) is 0 Å². The number of aromatic nitrogens is 1. The van der Waals surface area contributed by atoms with Crippen molar-refractivity contribution in [3.8, 4) is 11.5 Å². The number of amides is 1. The standard InChI is InChI=1S/C48H66N4O13/c1-24-14-13-15-25(2)45(58)51-46(59)47(10,60)30(7)43-37(27(4)38-31(8)63-36-23-33(22-34(54)39(36)50-38)52-19-17-49-18-20-52)44(57)48(11,65-43)62-21-16-35(61-12)26(3)42(64-32(9)53)29(6)41(56)28(5)40(24)55/h13-16,21-24,26,28-29,35,40-42,46,49,55-57,59-60H,8,17-20H2,1-7,9-12H3,(H,51,58)/b14-13+,21-16+,25-15-,38-27?,43-30-/t24-,26+,28+,29+,35-,40-,41+,42+,46?,47-,48-/m0/s1. The number of fused-ring (bicyclic) bond motifs is 3. The highest BCUT2D eigenvalue weighted by Crippen LogP contribution is 2.45. The van der Waals surface area contributed by atoms with Crippen LogP contribution in [0.15, 0.2) is 80.1 Å². The van der Waals surface area contributed by atoms with E-state index in [-0.39, 0.29) is 50.3 Å². The van der Waals surface area contributed by atoms with Crippen LogP contribution in [0.1, 0.15) is 69.2 Å². The van der Waals surface area contributed by atoms with E-state index in [1.54, 1.807) is 52.8 Å². The lowest BCUT2D eigenvalue weighted by molar-refractivity contribution is -0.160. The monoisotopic (exact) mass is 906 g/mol. The van der Waals surface area contributed by atoms with E-state index >= 15 is 0 Å². The summed E-state index contributed by atoms with van der Waals surface area (Å²) in [6, 6.07) is 3.23. The van der Waals surface area contributed by atoms with Crippen molar-refractivity contribution in [1.82, 2.24) is 15.6 Å². The number of rotatable bonds is 4. The molecule has 17 nitrogen and oxygen atoms in total. The van der Waals surface area contributed by atoms with Crippen molar-refractivity contribution in [2.24, 2.45) is 23.7 Å². The van der Waals surface area contributed by atoms with E-state index in [1.807, 2.05) is 0 Å². The van der Waals surface area contributed by atoms with Crippen LogP contribution in [0.3, 0.4) is 0 Å². The maximum Gasteiger partial charge on any atom is 0.307 e. The lowest BCUT2D eigenvalue weighted by atomic mass is 9.78. The lowest BCUT2D eigenvalue weighted by Gasteiger charge is -2.38. The van der Waals surface area contributed by atoms with Crippen molar-refractivity contribution in [3.05, 3.63) is 91.9 Å². The largest absolute Gasteiger partial charge is 0.505 e. The number of aliphatic hydroxyl groups excluding tert-OH is 4. The number of benzene rings is 1. The number of allylic oxidation sites excluding steroid dienone is 3. The average Bonchev–Trinajstić information content (AvgIpc) is 3.53. The van der Waals surface area contributed by atoms with Gasteiger partial charge in [-0.25, -0.2) is 4.98 Å². The van der Waals surface area contributed by atoms with Crippen LogP contribution in [0, 0.1) is 23.7 Å². The van der Waals surface area contributed by atoms with Gasteiger partial charge in [-0.1, -0.05) is 52.5 Å². The fourth-order valence-electron chi connectivity index (χ4n) is 8.47. The van der Waals surface area contributed by atoms with Gasteiger partial charge in [0.05, 0.1) is 30.1 Å². The molecule has 11 atom stereocenters. The Balaban J connectivity index is 1.69. The van der Waals surface area contributed by atoms with Gasteiger partial charge in [-0.3, -0.25) is 14.4 Å². The minimum atomic E-state index is -2.26. The lowest BCUT2D eigenvalue weighted by Crippen LogP contribution is -2.52. The van der Waals surface area contributed by atoms with Crippen molar-refractivity contribution >= 4 is 29.7 Å². The van der Waals surface area contributed by atoms with Crippen molar-refractivity contribution in [3.63, 3.8) is 0 Å². The van der Waals surface area contributed by atoms with Gasteiger partial charge >= 0.3 is 11.8 Å². The summed E-state index contributed by atoms with van der Waals surface area (Å²) < 4.78 is 30.3. The number of nitrogens with zero attached hydrogens (tertiary/aromatic N) is 2. The number of anilines is 1. The molecule has 7 N–H and O–H groups in total. The normalized spacial score (nSPS) is 35.9. The first-order valence-electron chi connectivity index (χ1n) is 21.9. The van der Waals surface area contributed by atoms with E-state index in [0.717, 1.165) is 13.1 Å². The summed E-state index contributed by atoms with van der Waals surface area (Å²) in [4.78, 5) is 46.1. The maximum absolute atomic E-state index is 13.6. The quantitative estimate of drug-likeness (QED) is 0.218. The SMILES string of the molecule is C=c1oc2cc(N3CCNCC3)cc(=O)c-2nc1=C(C)C1=C(O)[C@@]2(C)O/C=C/[C@H](OC)[C@@H](C)[C@@H](OC(C)=O)[C@H](C)[C@H](O)[C@H](C)[C@@H](O)[C@@H](C)/C=C/C=C(/C)C(=O)NC(O)[C@@](C)(O)/C(C)=C/1O2. The van der Waals surface area contributed by atoms with E-state index in [9.17, 15) is 39.9 Å². The molecular weight excluding hydrogens is 841 g/mol. The Morgan fingerprint density at radius 1 is 0.985 bits per heavy atom. The zero-order valence-corrected chi connectivity index (χ0v) is 39.2. The molecule has 2 bridgehead atoms. The predicted molar refractivity (Wildman–Crippen MR) is 243 cm³/mol. The minimum absolute atomic E-state index is 0.0111. The summed E-state index contributed by atoms with van der Waals surface area (Å²) >= 11 is 0. The molecule has 1 amide bonds. The first-order chi connectivity index (χ1) is 30.4. The highest BCUT2D eigenvalue weighted by molar-refractivity contribution is 5.93. The van der Waals surface area contributed by atoms with Crippen molar-refractivity contribution in [2.45, 2.75) is 111 Å². The van der Waals surface area contributed by atoms with E-state index in [0.29, 0.717) is 18.8 Å². The third kappa shape index (κ3) is 10.7. The number of methoxy groups -OCH3 is 1. The Morgan fingerprint density at radius 2 is 1.65 bits per heavy atom. The molecule has 0 aromatic heterocycles. The molecule has 0 aromatic rings. The van der Waals surface area contributed by atoms with Crippen LogP contribution in [-0.2, 0) is 28.5 Å². The molecule has 5 rings (SSSR count). The molecule has 17 heteroatoms. The van der Waals surface area contributed by atoms with Gasteiger partial charge in [-0.15, -0.1) is 0 Å². The molecule has 1 fully saturated rings. The van der Waals surface area contributed by atoms with Crippen molar-refractivity contribution in [2.75, 3.05) is 38.2 Å². The molecule has 0 radical (unpaired) electrons. The van der Waals surface area contributed by atoms with E-state index < -0.39 is 88.8 Å². The molecule has 4 heterocycles. The average molecular weight is 907 g/mol. The second-order valence-corrected chi connectivity index (χ2v) is 17.8. The fraction of sp³-hybridized carbons (Fsp3) is 0.542. The fourth-order valence-corrected chi connectivity index (χ4v) is 8.47. The number of carbonyl (C=O) groups is 2. The minimum Gasteiger partial charge on any atom is -0.505 e. The van der Waals surface area contributed by atoms with Crippen LogP contribution in [0.4, 0.5) is 5.69 Å². The Hall–Kier alpha value is -5.30. The molecule has 4 aliphatic heterocycles. The Labute approximate surface area is 379 Å². The van der Waals surface area contributed by atoms with Crippen LogP contribution >= 0.6 is 0 Å². The Kier molecular flexibility index (Phi) is 16.0. The van der Waals surface area contributed by atoms with E-state index in [1.165, 1.54) is 66.2 Å². The zero-order chi connectivity index (χ0) is 48.3. The third-order valence-corrected chi connectivity index (χ3v) is 13.0. The molecular formula is C48H66N4O13.